The van der Waals surface area contributed by atoms with Gasteiger partial charge in [-0.2, -0.15) is 0 Å². The molecular weight excluding hydrogens is 264 g/mol. The van der Waals surface area contributed by atoms with Crippen LogP contribution in [0.2, 0.25) is 0 Å². The first-order valence-corrected chi connectivity index (χ1v) is 8.23. The number of hydrogen-bond acceptors (Lipinski definition) is 3. The van der Waals surface area contributed by atoms with E-state index < -0.39 is 0 Å². The lowest BCUT2D eigenvalue weighted by Gasteiger charge is -2.29. The highest BCUT2D eigenvalue weighted by molar-refractivity contribution is 7.09. The number of rotatable bonds is 7. The van der Waals surface area contributed by atoms with Crippen molar-refractivity contribution in [2.45, 2.75) is 45.6 Å². The molecule has 0 spiro atoms. The molecule has 1 heterocycles. The Balaban J connectivity index is 2.10. The average Bonchev–Trinajstić information content (AvgIpc) is 2.91. The molecular formula is C17H24N2S. The number of nitrogens with zero attached hydrogens (tertiary/aromatic N) is 1. The van der Waals surface area contributed by atoms with Crippen LogP contribution in [0.15, 0.2) is 35.7 Å². The van der Waals surface area contributed by atoms with Gasteiger partial charge in [0, 0.05) is 11.1 Å². The lowest BCUT2D eigenvalue weighted by molar-refractivity contribution is 0.339. The summed E-state index contributed by atoms with van der Waals surface area (Å²) in [6, 6.07) is 10.7. The van der Waals surface area contributed by atoms with Gasteiger partial charge in [-0.1, -0.05) is 37.3 Å². The molecule has 0 radical (unpaired) electrons. The highest BCUT2D eigenvalue weighted by Gasteiger charge is 2.28. The maximum absolute atomic E-state index is 4.70. The molecule has 2 nitrogen and oxygen atoms in total. The third-order valence-electron chi connectivity index (χ3n) is 3.61. The van der Waals surface area contributed by atoms with E-state index >= 15 is 0 Å². The lowest BCUT2D eigenvalue weighted by atomic mass is 9.93. The van der Waals surface area contributed by atoms with Crippen molar-refractivity contribution < 1.29 is 0 Å². The number of nitrogens with one attached hydrogen (secondary N) is 1. The van der Waals surface area contributed by atoms with Crippen LogP contribution in [-0.2, 0) is 12.0 Å². The van der Waals surface area contributed by atoms with Gasteiger partial charge in [-0.15, -0.1) is 11.3 Å². The number of aryl methyl sites for hydroxylation is 2. The topological polar surface area (TPSA) is 24.9 Å². The summed E-state index contributed by atoms with van der Waals surface area (Å²) in [6.45, 7) is 7.59. The van der Waals surface area contributed by atoms with Crippen LogP contribution < -0.4 is 5.32 Å². The summed E-state index contributed by atoms with van der Waals surface area (Å²) in [4.78, 5) is 4.70. The quantitative estimate of drug-likeness (QED) is 0.821. The number of hydrogen-bond donors (Lipinski definition) is 1. The molecule has 108 valence electrons. The molecule has 0 aliphatic carbocycles. The summed E-state index contributed by atoms with van der Waals surface area (Å²) in [7, 11) is 0. The highest BCUT2D eigenvalue weighted by atomic mass is 32.1. The van der Waals surface area contributed by atoms with Crippen LogP contribution in [0.25, 0.3) is 0 Å². The summed E-state index contributed by atoms with van der Waals surface area (Å²) in [5.74, 6) is 0. The molecule has 1 aromatic heterocycles. The van der Waals surface area contributed by atoms with Crippen molar-refractivity contribution >= 4 is 11.3 Å². The summed E-state index contributed by atoms with van der Waals surface area (Å²) in [5.41, 5.74) is 2.49. The average molecular weight is 288 g/mol. The molecule has 20 heavy (non-hydrogen) atoms. The van der Waals surface area contributed by atoms with E-state index in [-0.39, 0.29) is 5.54 Å². The standard InChI is InChI=1S/C17H24N2S/c1-4-12-18-17(3,16-19-14(2)13-20-16)11-10-15-8-6-5-7-9-15/h5-9,13,18H,4,10-12H2,1-3H3. The maximum Gasteiger partial charge on any atom is 0.113 e. The minimum atomic E-state index is -0.0230. The predicted octanol–water partition coefficient (Wildman–Crippen LogP) is 4.30. The molecule has 3 heteroatoms. The first-order chi connectivity index (χ1) is 9.64. The van der Waals surface area contributed by atoms with Gasteiger partial charge in [0.1, 0.15) is 5.01 Å². The molecule has 0 saturated heterocycles. The Morgan fingerprint density at radius 2 is 2.00 bits per heavy atom. The maximum atomic E-state index is 4.70. The molecule has 1 unspecified atom stereocenters. The zero-order valence-corrected chi connectivity index (χ0v) is 13.5. The van der Waals surface area contributed by atoms with Gasteiger partial charge in [0.15, 0.2) is 0 Å². The first kappa shape index (κ1) is 15.2. The van der Waals surface area contributed by atoms with Crippen LogP contribution in [0.4, 0.5) is 0 Å². The van der Waals surface area contributed by atoms with Crippen molar-refractivity contribution in [1.29, 1.82) is 0 Å². The Hall–Kier alpha value is -1.19. The number of thiazole rings is 1. The summed E-state index contributed by atoms with van der Waals surface area (Å²) in [6.07, 6.45) is 3.29. The second kappa shape index (κ2) is 7.00. The molecule has 1 atom stereocenters. The molecule has 1 N–H and O–H groups in total. The third kappa shape index (κ3) is 3.90. The van der Waals surface area contributed by atoms with Gasteiger partial charge in [-0.05, 0) is 45.2 Å². The molecule has 1 aromatic carbocycles. The summed E-state index contributed by atoms with van der Waals surface area (Å²) in [5, 5.41) is 7.04. The lowest BCUT2D eigenvalue weighted by Crippen LogP contribution is -2.40. The smallest absolute Gasteiger partial charge is 0.113 e. The van der Waals surface area contributed by atoms with Crippen LogP contribution in [0.3, 0.4) is 0 Å². The number of aromatic nitrogens is 1. The van der Waals surface area contributed by atoms with E-state index in [9.17, 15) is 0 Å². The van der Waals surface area contributed by atoms with Gasteiger partial charge < -0.3 is 5.32 Å². The van der Waals surface area contributed by atoms with Gasteiger partial charge in [0.05, 0.1) is 5.54 Å². The molecule has 0 saturated carbocycles. The van der Waals surface area contributed by atoms with Crippen molar-refractivity contribution in [1.82, 2.24) is 10.3 Å². The van der Waals surface area contributed by atoms with E-state index in [1.165, 1.54) is 10.6 Å². The first-order valence-electron chi connectivity index (χ1n) is 7.35. The molecule has 0 aliphatic heterocycles. The van der Waals surface area contributed by atoms with Gasteiger partial charge in [-0.25, -0.2) is 4.98 Å². The molecule has 0 bridgehead atoms. The fraction of sp³-hybridized carbons (Fsp3) is 0.471. The normalized spacial score (nSPS) is 14.2. The zero-order valence-electron chi connectivity index (χ0n) is 12.6. The molecule has 2 rings (SSSR count). The van der Waals surface area contributed by atoms with Crippen LogP contribution in [0, 0.1) is 6.92 Å². The van der Waals surface area contributed by atoms with Crippen molar-refractivity contribution in [3.05, 3.63) is 52.0 Å². The van der Waals surface area contributed by atoms with Crippen molar-refractivity contribution in [2.75, 3.05) is 6.54 Å². The van der Waals surface area contributed by atoms with Crippen molar-refractivity contribution in [2.24, 2.45) is 0 Å². The van der Waals surface area contributed by atoms with E-state index in [1.807, 2.05) is 0 Å². The fourth-order valence-electron chi connectivity index (χ4n) is 2.32. The molecule has 0 amide bonds. The van der Waals surface area contributed by atoms with Crippen LogP contribution >= 0.6 is 11.3 Å². The molecule has 2 aromatic rings. The zero-order chi connectivity index (χ0) is 14.4. The fourth-order valence-corrected chi connectivity index (χ4v) is 3.28. The van der Waals surface area contributed by atoms with E-state index in [0.29, 0.717) is 0 Å². The van der Waals surface area contributed by atoms with Gasteiger partial charge in [-0.3, -0.25) is 0 Å². The van der Waals surface area contributed by atoms with Crippen LogP contribution in [0.1, 0.15) is 43.0 Å². The third-order valence-corrected chi connectivity index (χ3v) is 4.84. The summed E-state index contributed by atoms with van der Waals surface area (Å²) >= 11 is 1.77. The van der Waals surface area contributed by atoms with Crippen LogP contribution in [0.5, 0.6) is 0 Å². The van der Waals surface area contributed by atoms with Crippen LogP contribution in [-0.4, -0.2) is 11.5 Å². The second-order valence-electron chi connectivity index (χ2n) is 5.54. The highest BCUT2D eigenvalue weighted by Crippen LogP contribution is 2.29. The molecule has 0 fully saturated rings. The Morgan fingerprint density at radius 3 is 2.60 bits per heavy atom. The SMILES string of the molecule is CCCNC(C)(CCc1ccccc1)c1nc(C)cs1. The Morgan fingerprint density at radius 1 is 1.25 bits per heavy atom. The largest absolute Gasteiger partial charge is 0.306 e. The Labute approximate surface area is 126 Å². The van der Waals surface area contributed by atoms with E-state index in [1.54, 1.807) is 11.3 Å². The van der Waals surface area contributed by atoms with Gasteiger partial charge in [0.2, 0.25) is 0 Å². The van der Waals surface area contributed by atoms with E-state index in [2.05, 4.69) is 61.8 Å². The second-order valence-corrected chi connectivity index (χ2v) is 6.40. The minimum Gasteiger partial charge on any atom is -0.306 e. The van der Waals surface area contributed by atoms with Gasteiger partial charge >= 0.3 is 0 Å². The van der Waals surface area contributed by atoms with Gasteiger partial charge in [0.25, 0.3) is 0 Å². The Kier molecular flexibility index (Phi) is 5.32. The number of benzene rings is 1. The monoisotopic (exact) mass is 288 g/mol. The summed E-state index contributed by atoms with van der Waals surface area (Å²) < 4.78 is 0. The minimum absolute atomic E-state index is 0.0230. The van der Waals surface area contributed by atoms with Crippen molar-refractivity contribution in [3.63, 3.8) is 0 Å². The Bertz CT molecular complexity index is 521. The van der Waals surface area contributed by atoms with Crippen molar-refractivity contribution in [3.8, 4) is 0 Å². The molecule has 0 aliphatic rings. The van der Waals surface area contributed by atoms with E-state index in [4.69, 9.17) is 4.98 Å². The van der Waals surface area contributed by atoms with E-state index in [0.717, 1.165) is 31.5 Å². The predicted molar refractivity (Wildman–Crippen MR) is 87.3 cm³/mol.